The topological polar surface area (TPSA) is 101 Å². The van der Waals surface area contributed by atoms with Gasteiger partial charge in [-0.1, -0.05) is 18.0 Å². The van der Waals surface area contributed by atoms with E-state index in [0.717, 1.165) is 43.4 Å². The maximum Gasteiger partial charge on any atom is 0.252 e. The van der Waals surface area contributed by atoms with Crippen molar-refractivity contribution in [1.29, 1.82) is 0 Å². The Bertz CT molecular complexity index is 1070. The molecule has 1 aliphatic heterocycles. The zero-order valence-electron chi connectivity index (χ0n) is 16.2. The molecular weight excluding hydrogens is 446 g/mol. The molecule has 0 bridgehead atoms. The highest BCUT2D eigenvalue weighted by Crippen LogP contribution is 2.43. The van der Waals surface area contributed by atoms with Crippen molar-refractivity contribution in [1.82, 2.24) is 4.31 Å². The molecule has 2 aliphatic rings. The van der Waals surface area contributed by atoms with Crippen molar-refractivity contribution >= 4 is 55.5 Å². The van der Waals surface area contributed by atoms with Crippen LogP contribution in [0.1, 0.15) is 42.5 Å². The van der Waals surface area contributed by atoms with Gasteiger partial charge in [-0.3, -0.25) is 14.5 Å². The molecule has 1 aromatic carbocycles. The lowest BCUT2D eigenvalue weighted by Crippen LogP contribution is -2.35. The fourth-order valence-corrected chi connectivity index (χ4v) is 6.79. The first kappa shape index (κ1) is 21.3. The van der Waals surface area contributed by atoms with Gasteiger partial charge in [-0.05, 0) is 56.0 Å². The van der Waals surface area contributed by atoms with E-state index >= 15 is 0 Å². The van der Waals surface area contributed by atoms with Gasteiger partial charge in [0.05, 0.1) is 5.56 Å². The third kappa shape index (κ3) is 4.12. The second kappa shape index (κ2) is 8.30. The van der Waals surface area contributed by atoms with Crippen LogP contribution in [0.25, 0.3) is 0 Å². The molecule has 30 heavy (non-hydrogen) atoms. The van der Waals surface area contributed by atoms with Gasteiger partial charge in [0.1, 0.15) is 9.21 Å². The van der Waals surface area contributed by atoms with Gasteiger partial charge in [0.25, 0.3) is 15.9 Å². The molecule has 2 fully saturated rings. The summed E-state index contributed by atoms with van der Waals surface area (Å²) >= 11 is 6.90. The van der Waals surface area contributed by atoms with Gasteiger partial charge in [-0.2, -0.15) is 4.31 Å². The molecule has 10 heteroatoms. The summed E-state index contributed by atoms with van der Waals surface area (Å²) in [5, 5.41) is 0.740. The molecule has 1 saturated carbocycles. The highest BCUT2D eigenvalue weighted by atomic mass is 35.5. The number of hydrogen-bond acceptors (Lipinski definition) is 5. The number of hydrogen-bond donors (Lipinski definition) is 1. The van der Waals surface area contributed by atoms with Crippen molar-refractivity contribution in [3.8, 4) is 0 Å². The van der Waals surface area contributed by atoms with Crippen molar-refractivity contribution in [2.24, 2.45) is 11.7 Å². The van der Waals surface area contributed by atoms with E-state index in [1.807, 2.05) is 0 Å². The van der Waals surface area contributed by atoms with Crippen LogP contribution < -0.4 is 10.6 Å². The highest BCUT2D eigenvalue weighted by Gasteiger charge is 2.38. The van der Waals surface area contributed by atoms with Crippen molar-refractivity contribution in [2.75, 3.05) is 18.0 Å². The Kier molecular flexibility index (Phi) is 5.89. The van der Waals surface area contributed by atoms with Gasteiger partial charge in [0.15, 0.2) is 0 Å². The summed E-state index contributed by atoms with van der Waals surface area (Å²) in [5.41, 5.74) is 6.13. The fraction of sp³-hybridized carbons (Fsp3) is 0.400. The zero-order valence-corrected chi connectivity index (χ0v) is 18.6. The van der Waals surface area contributed by atoms with Crippen molar-refractivity contribution < 1.29 is 18.0 Å². The summed E-state index contributed by atoms with van der Waals surface area (Å²) in [6, 6.07) is 7.94. The van der Waals surface area contributed by atoms with Crippen LogP contribution in [0.2, 0.25) is 5.02 Å². The molecule has 0 atom stereocenters. The van der Waals surface area contributed by atoms with Gasteiger partial charge >= 0.3 is 0 Å². The van der Waals surface area contributed by atoms with Crippen molar-refractivity contribution in [3.05, 3.63) is 40.9 Å². The van der Waals surface area contributed by atoms with Crippen LogP contribution in [0.3, 0.4) is 0 Å². The molecule has 0 unspecified atom stereocenters. The van der Waals surface area contributed by atoms with E-state index in [9.17, 15) is 18.0 Å². The van der Waals surface area contributed by atoms with Crippen LogP contribution in [-0.2, 0) is 14.8 Å². The SMILES string of the molecule is NC(=O)c1cc(S(=O)(=O)N2CCCCC2)sc1N(C(=O)C1CC1)c1ccc(Cl)cc1. The largest absolute Gasteiger partial charge is 0.366 e. The van der Waals surface area contributed by atoms with E-state index < -0.39 is 15.9 Å². The van der Waals surface area contributed by atoms with E-state index in [1.165, 1.54) is 15.3 Å². The van der Waals surface area contributed by atoms with Crippen LogP contribution in [-0.4, -0.2) is 37.6 Å². The Morgan fingerprint density at radius 2 is 1.73 bits per heavy atom. The average molecular weight is 468 g/mol. The number of nitrogens with zero attached hydrogens (tertiary/aromatic N) is 2. The summed E-state index contributed by atoms with van der Waals surface area (Å²) in [6.07, 6.45) is 4.13. The quantitative estimate of drug-likeness (QED) is 0.698. The number of carbonyl (C=O) groups excluding carboxylic acids is 2. The zero-order chi connectivity index (χ0) is 21.5. The van der Waals surface area contributed by atoms with E-state index in [1.54, 1.807) is 24.3 Å². The molecule has 4 rings (SSSR count). The second-order valence-corrected chi connectivity index (χ2v) is 11.2. The number of benzene rings is 1. The Labute approximate surface area is 184 Å². The number of amides is 2. The summed E-state index contributed by atoms with van der Waals surface area (Å²) in [4.78, 5) is 26.7. The molecule has 1 aliphatic carbocycles. The van der Waals surface area contributed by atoms with Gasteiger partial charge in [0, 0.05) is 29.7 Å². The predicted octanol–water partition coefficient (Wildman–Crippen LogP) is 3.75. The number of piperidine rings is 1. The average Bonchev–Trinajstić information content (AvgIpc) is 3.49. The van der Waals surface area contributed by atoms with Gasteiger partial charge < -0.3 is 5.73 Å². The Morgan fingerprint density at radius 1 is 1.10 bits per heavy atom. The maximum absolute atomic E-state index is 13.2. The summed E-state index contributed by atoms with van der Waals surface area (Å²) in [5.74, 6) is -1.10. The number of thiophene rings is 1. The lowest BCUT2D eigenvalue weighted by molar-refractivity contribution is -0.119. The Balaban J connectivity index is 1.81. The van der Waals surface area contributed by atoms with E-state index in [2.05, 4.69) is 0 Å². The van der Waals surface area contributed by atoms with E-state index in [4.69, 9.17) is 17.3 Å². The smallest absolute Gasteiger partial charge is 0.252 e. The third-order valence-electron chi connectivity index (χ3n) is 5.30. The van der Waals surface area contributed by atoms with Crippen LogP contribution in [0.4, 0.5) is 10.7 Å². The summed E-state index contributed by atoms with van der Waals surface area (Å²) < 4.78 is 27.8. The second-order valence-electron chi connectivity index (χ2n) is 7.54. The number of nitrogens with two attached hydrogens (primary N) is 1. The molecule has 160 valence electrons. The standard InChI is InChI=1S/C20H22ClN3O4S2/c21-14-6-8-15(9-7-14)24(19(26)13-4-5-13)20-16(18(22)25)12-17(29-20)30(27,28)23-10-2-1-3-11-23/h6-9,12-13H,1-5,10-11H2,(H2,22,25). The van der Waals surface area contributed by atoms with E-state index in [-0.39, 0.29) is 26.6 Å². The van der Waals surface area contributed by atoms with Crippen LogP contribution in [0, 0.1) is 5.92 Å². The molecule has 2 heterocycles. The number of primary amides is 1. The first-order valence-corrected chi connectivity index (χ1v) is 12.5. The monoisotopic (exact) mass is 467 g/mol. The highest BCUT2D eigenvalue weighted by molar-refractivity contribution is 7.91. The Morgan fingerprint density at radius 3 is 2.30 bits per heavy atom. The van der Waals surface area contributed by atoms with Crippen molar-refractivity contribution in [3.63, 3.8) is 0 Å². The first-order valence-electron chi connectivity index (χ1n) is 9.82. The minimum atomic E-state index is -3.76. The van der Waals surface area contributed by atoms with Gasteiger partial charge in [0.2, 0.25) is 5.91 Å². The normalized spacial score (nSPS) is 17.6. The molecule has 2 N–H and O–H groups in total. The minimum Gasteiger partial charge on any atom is -0.366 e. The number of sulfonamides is 1. The predicted molar refractivity (Wildman–Crippen MR) is 117 cm³/mol. The molecule has 1 saturated heterocycles. The third-order valence-corrected chi connectivity index (χ3v) is 9.02. The van der Waals surface area contributed by atoms with Crippen molar-refractivity contribution in [2.45, 2.75) is 36.3 Å². The van der Waals surface area contributed by atoms with Crippen LogP contribution in [0.15, 0.2) is 34.5 Å². The van der Waals surface area contributed by atoms with Gasteiger partial charge in [-0.25, -0.2) is 8.42 Å². The first-order chi connectivity index (χ1) is 14.3. The molecule has 2 aromatic rings. The number of halogens is 1. The molecule has 7 nitrogen and oxygen atoms in total. The molecular formula is C20H22ClN3O4S2. The number of rotatable bonds is 6. The minimum absolute atomic E-state index is 0.0239. The molecule has 1 aromatic heterocycles. The number of carbonyl (C=O) groups is 2. The van der Waals surface area contributed by atoms with E-state index in [0.29, 0.717) is 23.8 Å². The maximum atomic E-state index is 13.2. The molecule has 2 amide bonds. The Hall–Kier alpha value is -1.94. The summed E-state index contributed by atoms with van der Waals surface area (Å²) in [7, 11) is -3.76. The lowest BCUT2D eigenvalue weighted by Gasteiger charge is -2.25. The fourth-order valence-electron chi connectivity index (χ4n) is 3.51. The van der Waals surface area contributed by atoms with Gasteiger partial charge in [-0.15, -0.1) is 11.3 Å². The van der Waals surface area contributed by atoms with Crippen LogP contribution in [0.5, 0.6) is 0 Å². The van der Waals surface area contributed by atoms with Crippen LogP contribution >= 0.6 is 22.9 Å². The number of anilines is 2. The molecule has 0 spiro atoms. The molecule has 0 radical (unpaired) electrons. The summed E-state index contributed by atoms with van der Waals surface area (Å²) in [6.45, 7) is 0.896. The lowest BCUT2D eigenvalue weighted by atomic mass is 10.2.